The van der Waals surface area contributed by atoms with Gasteiger partial charge in [0.2, 0.25) is 0 Å². The van der Waals surface area contributed by atoms with E-state index in [1.165, 1.54) is 24.0 Å². The molecule has 0 spiro atoms. The minimum Gasteiger partial charge on any atom is -0.392 e. The lowest BCUT2D eigenvalue weighted by atomic mass is 9.63. The predicted octanol–water partition coefficient (Wildman–Crippen LogP) is 4.32. The zero-order valence-electron chi connectivity index (χ0n) is 15.0. The van der Waals surface area contributed by atoms with Crippen molar-refractivity contribution in [1.82, 2.24) is 4.98 Å². The van der Waals surface area contributed by atoms with Gasteiger partial charge in [-0.15, -0.1) is 0 Å². The molecule has 2 nitrogen and oxygen atoms in total. The van der Waals surface area contributed by atoms with Gasteiger partial charge in [0.25, 0.3) is 0 Å². The zero-order valence-corrected chi connectivity index (χ0v) is 15.0. The second kappa shape index (κ2) is 6.07. The van der Waals surface area contributed by atoms with Gasteiger partial charge in [-0.3, -0.25) is 0 Å². The summed E-state index contributed by atoms with van der Waals surface area (Å²) in [6, 6.07) is 10.3. The molecule has 124 valence electrons. The molecule has 1 aliphatic rings. The quantitative estimate of drug-likeness (QED) is 0.794. The van der Waals surface area contributed by atoms with E-state index in [4.69, 9.17) is 5.11 Å². The first kappa shape index (κ1) is 16.7. The van der Waals surface area contributed by atoms with Crippen LogP contribution in [0.25, 0.3) is 0 Å². The highest BCUT2D eigenvalue weighted by atomic mass is 16.3. The van der Waals surface area contributed by atoms with Crippen molar-refractivity contribution in [2.45, 2.75) is 58.0 Å². The highest BCUT2D eigenvalue weighted by molar-refractivity contribution is 5.49. The maximum absolute atomic E-state index is 9.06. The third-order valence-electron chi connectivity index (χ3n) is 5.20. The van der Waals surface area contributed by atoms with Gasteiger partial charge in [-0.25, -0.2) is 4.98 Å². The summed E-state index contributed by atoms with van der Waals surface area (Å²) in [7, 11) is 0. The van der Waals surface area contributed by atoms with Crippen molar-refractivity contribution in [2.24, 2.45) is 0 Å². The molecule has 0 atom stereocenters. The first-order valence-electron chi connectivity index (χ1n) is 8.55. The van der Waals surface area contributed by atoms with Crippen LogP contribution in [0.4, 0.5) is 0 Å². The van der Waals surface area contributed by atoms with E-state index in [1.807, 2.05) is 12.1 Å². The van der Waals surface area contributed by atoms with Crippen LogP contribution >= 0.6 is 0 Å². The molecule has 1 aliphatic carbocycles. The van der Waals surface area contributed by atoms with Crippen LogP contribution < -0.4 is 0 Å². The Morgan fingerprint density at radius 2 is 1.67 bits per heavy atom. The van der Waals surface area contributed by atoms with E-state index >= 15 is 0 Å². The van der Waals surface area contributed by atoms with Gasteiger partial charge in [-0.1, -0.05) is 45.7 Å². The summed E-state index contributed by atoms with van der Waals surface area (Å²) in [4.78, 5) is 4.27. The molecule has 0 bridgehead atoms. The summed E-state index contributed by atoms with van der Waals surface area (Å²) in [6.07, 6.45) is 4.09. The molecule has 0 fully saturated rings. The molecule has 0 saturated carbocycles. The molecule has 2 aromatic rings. The van der Waals surface area contributed by atoms with E-state index in [2.05, 4.69) is 62.7 Å². The summed E-state index contributed by atoms with van der Waals surface area (Å²) in [6.45, 7) is 9.33. The Morgan fingerprint density at radius 1 is 0.958 bits per heavy atom. The lowest BCUT2D eigenvalue weighted by Crippen LogP contribution is -2.33. The fourth-order valence-corrected chi connectivity index (χ4v) is 3.39. The lowest BCUT2D eigenvalue weighted by molar-refractivity contribution is 0.281. The zero-order chi connectivity index (χ0) is 17.4. The van der Waals surface area contributed by atoms with E-state index in [-0.39, 0.29) is 17.4 Å². The number of aliphatic hydroxyl groups is 1. The Balaban J connectivity index is 1.95. The fraction of sp³-hybridized carbons (Fsp3) is 0.409. The van der Waals surface area contributed by atoms with Gasteiger partial charge >= 0.3 is 0 Å². The van der Waals surface area contributed by atoms with Crippen LogP contribution in [0.15, 0.2) is 36.5 Å². The van der Waals surface area contributed by atoms with Gasteiger partial charge in [0.15, 0.2) is 0 Å². The molecule has 1 heterocycles. The van der Waals surface area contributed by atoms with Crippen LogP contribution in [0.2, 0.25) is 0 Å². The largest absolute Gasteiger partial charge is 0.392 e. The average molecular weight is 319 g/mol. The maximum atomic E-state index is 9.06. The van der Waals surface area contributed by atoms with Gasteiger partial charge < -0.3 is 5.11 Å². The first-order chi connectivity index (χ1) is 11.3. The topological polar surface area (TPSA) is 33.1 Å². The summed E-state index contributed by atoms with van der Waals surface area (Å²) >= 11 is 0. The molecule has 1 N–H and O–H groups in total. The second-order valence-corrected chi connectivity index (χ2v) is 7.99. The number of benzene rings is 1. The molecule has 0 unspecified atom stereocenters. The van der Waals surface area contributed by atoms with Crippen LogP contribution in [-0.2, 0) is 17.4 Å². The predicted molar refractivity (Wildman–Crippen MR) is 97.9 cm³/mol. The van der Waals surface area contributed by atoms with Crippen LogP contribution in [0.1, 0.15) is 68.5 Å². The minimum atomic E-state index is 0.0103. The SMILES string of the molecule is CC1(C)CCC(C)(C)c2cc(C#Cc3ccc(CO)cn3)ccc21. The molecule has 0 amide bonds. The minimum absolute atomic E-state index is 0.0103. The standard InChI is InChI=1S/C22H25NO/c1-21(2)11-12-22(3,4)20-13-16(7-10-19(20)21)5-8-18-9-6-17(15-24)14-23-18/h6-7,9-10,13-14,24H,11-12,15H2,1-4H3. The number of nitrogens with zero attached hydrogens (tertiary/aromatic N) is 1. The molecule has 2 heteroatoms. The Bertz CT molecular complexity index is 804. The number of rotatable bonds is 1. The van der Waals surface area contributed by atoms with E-state index in [9.17, 15) is 0 Å². The lowest BCUT2D eigenvalue weighted by Gasteiger charge is -2.41. The van der Waals surface area contributed by atoms with E-state index < -0.39 is 0 Å². The fourth-order valence-electron chi connectivity index (χ4n) is 3.39. The van der Waals surface area contributed by atoms with Crippen molar-refractivity contribution in [3.63, 3.8) is 0 Å². The molecule has 0 saturated heterocycles. The Morgan fingerprint density at radius 3 is 2.29 bits per heavy atom. The highest BCUT2D eigenvalue weighted by Gasteiger charge is 2.36. The summed E-state index contributed by atoms with van der Waals surface area (Å²) in [5.41, 5.74) is 5.88. The normalized spacial score (nSPS) is 17.5. The molecule has 0 aliphatic heterocycles. The van der Waals surface area contributed by atoms with Crippen molar-refractivity contribution >= 4 is 0 Å². The Labute approximate surface area is 145 Å². The van der Waals surface area contributed by atoms with Crippen LogP contribution in [0, 0.1) is 11.8 Å². The molecule has 1 aromatic heterocycles. The Kier molecular flexibility index (Phi) is 4.24. The third-order valence-corrected chi connectivity index (χ3v) is 5.20. The summed E-state index contributed by atoms with van der Waals surface area (Å²) < 4.78 is 0. The van der Waals surface area contributed by atoms with Gasteiger partial charge in [-0.2, -0.15) is 0 Å². The third kappa shape index (κ3) is 3.23. The monoisotopic (exact) mass is 319 g/mol. The molecular weight excluding hydrogens is 294 g/mol. The molecule has 24 heavy (non-hydrogen) atoms. The molecular formula is C22H25NO. The second-order valence-electron chi connectivity index (χ2n) is 7.99. The number of hydrogen-bond acceptors (Lipinski definition) is 2. The van der Waals surface area contributed by atoms with Gasteiger partial charge in [0.05, 0.1) is 6.61 Å². The van der Waals surface area contributed by atoms with Gasteiger partial charge in [0, 0.05) is 11.8 Å². The van der Waals surface area contributed by atoms with Crippen molar-refractivity contribution < 1.29 is 5.11 Å². The van der Waals surface area contributed by atoms with Crippen LogP contribution in [0.3, 0.4) is 0 Å². The average Bonchev–Trinajstić information content (AvgIpc) is 2.58. The smallest absolute Gasteiger partial charge is 0.113 e. The van der Waals surface area contributed by atoms with Crippen molar-refractivity contribution in [3.8, 4) is 11.8 Å². The van der Waals surface area contributed by atoms with E-state index in [0.717, 1.165) is 16.8 Å². The molecule has 0 radical (unpaired) electrons. The molecule has 1 aromatic carbocycles. The summed E-state index contributed by atoms with van der Waals surface area (Å²) in [5, 5.41) is 9.06. The van der Waals surface area contributed by atoms with E-state index in [1.54, 1.807) is 6.20 Å². The number of aliphatic hydroxyl groups excluding tert-OH is 1. The van der Waals surface area contributed by atoms with Gasteiger partial charge in [-0.05, 0) is 64.5 Å². The van der Waals surface area contributed by atoms with Crippen LogP contribution in [-0.4, -0.2) is 10.1 Å². The van der Waals surface area contributed by atoms with Crippen molar-refractivity contribution in [1.29, 1.82) is 0 Å². The number of fused-ring (bicyclic) bond motifs is 1. The number of aromatic nitrogens is 1. The van der Waals surface area contributed by atoms with Crippen molar-refractivity contribution in [2.75, 3.05) is 0 Å². The Hall–Kier alpha value is -2.11. The first-order valence-corrected chi connectivity index (χ1v) is 8.55. The maximum Gasteiger partial charge on any atom is 0.113 e. The summed E-state index contributed by atoms with van der Waals surface area (Å²) in [5.74, 6) is 6.36. The van der Waals surface area contributed by atoms with Crippen LogP contribution in [0.5, 0.6) is 0 Å². The van der Waals surface area contributed by atoms with Crippen molar-refractivity contribution in [3.05, 3.63) is 64.5 Å². The molecule has 3 rings (SSSR count). The number of pyridine rings is 1. The van der Waals surface area contributed by atoms with Gasteiger partial charge in [0.1, 0.15) is 5.69 Å². The van der Waals surface area contributed by atoms with E-state index in [0.29, 0.717) is 0 Å². The number of hydrogen-bond donors (Lipinski definition) is 1. The highest BCUT2D eigenvalue weighted by Crippen LogP contribution is 2.45.